The summed E-state index contributed by atoms with van der Waals surface area (Å²) >= 11 is 0. The molecule has 0 bridgehead atoms. The zero-order valence-electron chi connectivity index (χ0n) is 14.2. The van der Waals surface area contributed by atoms with Crippen molar-refractivity contribution in [1.82, 2.24) is 16.0 Å². The van der Waals surface area contributed by atoms with Crippen molar-refractivity contribution in [3.63, 3.8) is 0 Å². The van der Waals surface area contributed by atoms with Gasteiger partial charge in [-0.2, -0.15) is 0 Å². The number of nitrogens with one attached hydrogen (secondary N) is 3. The lowest BCUT2D eigenvalue weighted by atomic mass is 9.76. The second kappa shape index (κ2) is 6.99. The van der Waals surface area contributed by atoms with Crippen molar-refractivity contribution >= 4 is 11.5 Å². The lowest BCUT2D eigenvalue weighted by molar-refractivity contribution is 0.0767. The summed E-state index contributed by atoms with van der Waals surface area (Å²) in [6.07, 6.45) is 0. The maximum Gasteiger partial charge on any atom is 0.172 e. The summed E-state index contributed by atoms with van der Waals surface area (Å²) in [5.74, 6) is 0.229. The van der Waals surface area contributed by atoms with E-state index in [0.717, 1.165) is 57.1 Å². The number of ketones is 1. The van der Waals surface area contributed by atoms with Gasteiger partial charge < -0.3 is 20.9 Å². The molecule has 0 aliphatic carbocycles. The van der Waals surface area contributed by atoms with Gasteiger partial charge >= 0.3 is 0 Å². The Balaban J connectivity index is 1.86. The Morgan fingerprint density at radius 3 is 2.52 bits per heavy atom. The zero-order chi connectivity index (χ0) is 16.3. The fourth-order valence-electron chi connectivity index (χ4n) is 3.52. The number of carbonyl (C=O) groups excluding carboxylic acids is 1. The first-order valence-electron chi connectivity index (χ1n) is 8.64. The largest absolute Gasteiger partial charge is 0.368 e. The van der Waals surface area contributed by atoms with Gasteiger partial charge in [0.2, 0.25) is 0 Å². The van der Waals surface area contributed by atoms with Crippen LogP contribution >= 0.6 is 0 Å². The standard InChI is InChI=1S/C18H28N4O/c1-18(2,16-13-20-7-8-21-16)17(23)14-5-3-4-6-15(14)22-11-9-19-10-12-22/h3-6,16,19-21H,7-13H2,1-2H3. The van der Waals surface area contributed by atoms with E-state index in [2.05, 4.69) is 40.8 Å². The molecule has 3 rings (SSSR count). The van der Waals surface area contributed by atoms with Crippen molar-refractivity contribution in [3.05, 3.63) is 29.8 Å². The van der Waals surface area contributed by atoms with Crippen LogP contribution in [0.25, 0.3) is 0 Å². The highest BCUT2D eigenvalue weighted by atomic mass is 16.1. The van der Waals surface area contributed by atoms with Crippen molar-refractivity contribution in [2.75, 3.05) is 50.7 Å². The van der Waals surface area contributed by atoms with Crippen LogP contribution in [-0.4, -0.2) is 57.6 Å². The molecule has 5 nitrogen and oxygen atoms in total. The highest BCUT2D eigenvalue weighted by Gasteiger charge is 2.39. The summed E-state index contributed by atoms with van der Waals surface area (Å²) in [7, 11) is 0. The molecule has 1 aromatic rings. The molecule has 2 aliphatic heterocycles. The molecule has 2 aliphatic rings. The van der Waals surface area contributed by atoms with Crippen molar-refractivity contribution in [3.8, 4) is 0 Å². The minimum atomic E-state index is -0.433. The van der Waals surface area contributed by atoms with E-state index < -0.39 is 5.41 Å². The van der Waals surface area contributed by atoms with Gasteiger partial charge in [-0.25, -0.2) is 0 Å². The van der Waals surface area contributed by atoms with E-state index in [-0.39, 0.29) is 11.8 Å². The van der Waals surface area contributed by atoms with Gasteiger partial charge in [0.05, 0.1) is 0 Å². The molecule has 0 radical (unpaired) electrons. The van der Waals surface area contributed by atoms with E-state index in [4.69, 9.17) is 0 Å². The lowest BCUT2D eigenvalue weighted by Gasteiger charge is -2.38. The van der Waals surface area contributed by atoms with Crippen LogP contribution in [0.1, 0.15) is 24.2 Å². The van der Waals surface area contributed by atoms with Gasteiger partial charge in [0, 0.05) is 68.5 Å². The molecule has 2 fully saturated rings. The molecule has 0 saturated carbocycles. The van der Waals surface area contributed by atoms with Crippen molar-refractivity contribution in [2.24, 2.45) is 5.41 Å². The molecule has 1 aromatic carbocycles. The minimum Gasteiger partial charge on any atom is -0.368 e. The summed E-state index contributed by atoms with van der Waals surface area (Å²) < 4.78 is 0. The van der Waals surface area contributed by atoms with E-state index in [9.17, 15) is 4.79 Å². The van der Waals surface area contributed by atoms with E-state index in [0.29, 0.717) is 0 Å². The molecule has 0 spiro atoms. The number of piperazine rings is 2. The minimum absolute atomic E-state index is 0.167. The third kappa shape index (κ3) is 3.42. The second-order valence-corrected chi connectivity index (χ2v) is 7.02. The second-order valence-electron chi connectivity index (χ2n) is 7.02. The maximum atomic E-state index is 13.3. The lowest BCUT2D eigenvalue weighted by Crippen LogP contribution is -2.57. The Morgan fingerprint density at radius 2 is 1.83 bits per heavy atom. The Hall–Kier alpha value is -1.43. The number of para-hydroxylation sites is 1. The van der Waals surface area contributed by atoms with E-state index in [1.165, 1.54) is 0 Å². The third-order valence-corrected chi connectivity index (χ3v) is 5.10. The first kappa shape index (κ1) is 16.4. The van der Waals surface area contributed by atoms with Crippen molar-refractivity contribution < 1.29 is 4.79 Å². The van der Waals surface area contributed by atoms with Crippen LogP contribution in [-0.2, 0) is 0 Å². The topological polar surface area (TPSA) is 56.4 Å². The Labute approximate surface area is 138 Å². The van der Waals surface area contributed by atoms with Gasteiger partial charge in [-0.15, -0.1) is 0 Å². The molecule has 2 heterocycles. The molecule has 5 heteroatoms. The molecule has 2 saturated heterocycles. The predicted octanol–water partition coefficient (Wildman–Crippen LogP) is 0.867. The van der Waals surface area contributed by atoms with Crippen LogP contribution in [0.15, 0.2) is 24.3 Å². The number of hydrogen-bond acceptors (Lipinski definition) is 5. The van der Waals surface area contributed by atoms with Crippen LogP contribution in [0.3, 0.4) is 0 Å². The SMILES string of the molecule is CC(C)(C(=O)c1ccccc1N1CCNCC1)C1CNCCN1. The first-order valence-corrected chi connectivity index (χ1v) is 8.64. The van der Waals surface area contributed by atoms with Crippen LogP contribution in [0.2, 0.25) is 0 Å². The van der Waals surface area contributed by atoms with Gasteiger partial charge in [0.1, 0.15) is 0 Å². The van der Waals surface area contributed by atoms with Crippen LogP contribution in [0, 0.1) is 5.41 Å². The Kier molecular flexibility index (Phi) is 4.99. The fourth-order valence-corrected chi connectivity index (χ4v) is 3.52. The van der Waals surface area contributed by atoms with E-state index in [1.54, 1.807) is 0 Å². The highest BCUT2D eigenvalue weighted by molar-refractivity contribution is 6.05. The Bertz CT molecular complexity index is 546. The average Bonchev–Trinajstić information content (AvgIpc) is 2.62. The van der Waals surface area contributed by atoms with Gasteiger partial charge in [-0.1, -0.05) is 26.0 Å². The predicted molar refractivity (Wildman–Crippen MR) is 94.3 cm³/mol. The zero-order valence-corrected chi connectivity index (χ0v) is 14.2. The molecular weight excluding hydrogens is 288 g/mol. The monoisotopic (exact) mass is 316 g/mol. The highest BCUT2D eigenvalue weighted by Crippen LogP contribution is 2.31. The fraction of sp³-hybridized carbons (Fsp3) is 0.611. The number of nitrogens with zero attached hydrogens (tertiary/aromatic N) is 1. The van der Waals surface area contributed by atoms with Crippen molar-refractivity contribution in [1.29, 1.82) is 0 Å². The summed E-state index contributed by atoms with van der Waals surface area (Å²) in [6.45, 7) is 10.7. The molecular formula is C18H28N4O. The third-order valence-electron chi connectivity index (χ3n) is 5.10. The van der Waals surface area contributed by atoms with E-state index in [1.807, 2.05) is 18.2 Å². The number of anilines is 1. The quantitative estimate of drug-likeness (QED) is 0.720. The number of carbonyl (C=O) groups is 1. The van der Waals surface area contributed by atoms with Gasteiger partial charge in [0.25, 0.3) is 0 Å². The van der Waals surface area contributed by atoms with Gasteiger partial charge in [0.15, 0.2) is 5.78 Å². The smallest absolute Gasteiger partial charge is 0.172 e. The number of rotatable bonds is 4. The van der Waals surface area contributed by atoms with Crippen molar-refractivity contribution in [2.45, 2.75) is 19.9 Å². The van der Waals surface area contributed by atoms with Crippen LogP contribution < -0.4 is 20.9 Å². The van der Waals surface area contributed by atoms with Crippen LogP contribution in [0.4, 0.5) is 5.69 Å². The van der Waals surface area contributed by atoms with Crippen LogP contribution in [0.5, 0.6) is 0 Å². The summed E-state index contributed by atoms with van der Waals surface area (Å²) in [5.41, 5.74) is 1.50. The number of Topliss-reactive ketones (excluding diaryl/α,β-unsaturated/α-hetero) is 1. The number of hydrogen-bond donors (Lipinski definition) is 3. The normalized spacial score (nSPS) is 22.9. The first-order chi connectivity index (χ1) is 11.1. The Morgan fingerprint density at radius 1 is 1.09 bits per heavy atom. The molecule has 1 atom stereocenters. The molecule has 126 valence electrons. The molecule has 0 amide bonds. The molecule has 1 unspecified atom stereocenters. The summed E-state index contributed by atoms with van der Waals surface area (Å²) in [6, 6.07) is 8.24. The summed E-state index contributed by atoms with van der Waals surface area (Å²) in [5, 5.41) is 10.3. The summed E-state index contributed by atoms with van der Waals surface area (Å²) in [4.78, 5) is 15.6. The van der Waals surface area contributed by atoms with Gasteiger partial charge in [-0.05, 0) is 12.1 Å². The number of benzene rings is 1. The van der Waals surface area contributed by atoms with Gasteiger partial charge in [-0.3, -0.25) is 4.79 Å². The molecule has 3 N–H and O–H groups in total. The maximum absolute atomic E-state index is 13.3. The van der Waals surface area contributed by atoms with E-state index >= 15 is 0 Å². The average molecular weight is 316 g/mol. The molecule has 0 aromatic heterocycles. The molecule has 23 heavy (non-hydrogen) atoms.